The molecule has 1 atom stereocenters. The van der Waals surface area contributed by atoms with Crippen molar-refractivity contribution in [3.05, 3.63) is 28.2 Å². The predicted molar refractivity (Wildman–Crippen MR) is 79.1 cm³/mol. The van der Waals surface area contributed by atoms with Crippen LogP contribution in [-0.4, -0.2) is 14.2 Å². The maximum atomic E-state index is 5.29. The lowest BCUT2D eigenvalue weighted by Crippen LogP contribution is -2.26. The molecule has 1 N–H and O–H groups in total. The largest absolute Gasteiger partial charge is 0.496 e. The van der Waals surface area contributed by atoms with Crippen LogP contribution in [0.15, 0.2) is 22.7 Å². The highest BCUT2D eigenvalue weighted by Crippen LogP contribution is 2.36. The molecular formula is C15H22BrNO. The van der Waals surface area contributed by atoms with Crippen LogP contribution >= 0.6 is 15.9 Å². The minimum Gasteiger partial charge on any atom is -0.496 e. The molecule has 0 heterocycles. The van der Waals surface area contributed by atoms with Crippen molar-refractivity contribution in [1.29, 1.82) is 0 Å². The van der Waals surface area contributed by atoms with Gasteiger partial charge in [0.05, 0.1) is 11.6 Å². The molecule has 1 aromatic carbocycles. The van der Waals surface area contributed by atoms with Gasteiger partial charge in [-0.3, -0.25) is 0 Å². The third-order valence-electron chi connectivity index (χ3n) is 3.97. The van der Waals surface area contributed by atoms with E-state index in [4.69, 9.17) is 4.74 Å². The summed E-state index contributed by atoms with van der Waals surface area (Å²) in [5, 5.41) is 3.49. The maximum absolute atomic E-state index is 5.29. The number of hydrogen-bond donors (Lipinski definition) is 1. The van der Waals surface area contributed by atoms with E-state index in [-0.39, 0.29) is 0 Å². The van der Waals surface area contributed by atoms with Gasteiger partial charge in [-0.15, -0.1) is 0 Å². The van der Waals surface area contributed by atoms with Gasteiger partial charge in [0.1, 0.15) is 5.75 Å². The van der Waals surface area contributed by atoms with Gasteiger partial charge in [0, 0.05) is 6.04 Å². The molecule has 1 saturated carbocycles. The van der Waals surface area contributed by atoms with Gasteiger partial charge in [0.25, 0.3) is 0 Å². The SMILES string of the molecule is CNC(c1ccc(OC)c(Br)c1)C1CCCCC1. The van der Waals surface area contributed by atoms with Gasteiger partial charge in [0.2, 0.25) is 0 Å². The Kier molecular flexibility index (Phi) is 5.07. The summed E-state index contributed by atoms with van der Waals surface area (Å²) in [5.41, 5.74) is 1.36. The predicted octanol–water partition coefficient (Wildman–Crippen LogP) is 4.30. The maximum Gasteiger partial charge on any atom is 0.133 e. The molecule has 0 aliphatic heterocycles. The van der Waals surface area contributed by atoms with Crippen LogP contribution in [0.1, 0.15) is 43.7 Å². The number of benzene rings is 1. The molecule has 0 amide bonds. The van der Waals surface area contributed by atoms with E-state index in [1.165, 1.54) is 37.7 Å². The molecule has 18 heavy (non-hydrogen) atoms. The number of halogens is 1. The van der Waals surface area contributed by atoms with Crippen molar-refractivity contribution in [2.24, 2.45) is 5.92 Å². The lowest BCUT2D eigenvalue weighted by atomic mass is 9.81. The first-order chi connectivity index (χ1) is 8.76. The second kappa shape index (κ2) is 6.58. The molecule has 3 heteroatoms. The molecule has 0 aromatic heterocycles. The van der Waals surface area contributed by atoms with E-state index in [0.717, 1.165) is 16.1 Å². The van der Waals surface area contributed by atoms with Crippen LogP contribution in [0.25, 0.3) is 0 Å². The molecule has 0 bridgehead atoms. The van der Waals surface area contributed by atoms with Crippen LogP contribution in [0.4, 0.5) is 0 Å². The summed E-state index contributed by atoms with van der Waals surface area (Å²) in [6, 6.07) is 6.88. The Balaban J connectivity index is 2.18. The summed E-state index contributed by atoms with van der Waals surface area (Å²) >= 11 is 3.58. The van der Waals surface area contributed by atoms with Gasteiger partial charge in [-0.05, 0) is 59.4 Å². The number of methoxy groups -OCH3 is 1. The fraction of sp³-hybridized carbons (Fsp3) is 0.600. The number of nitrogens with one attached hydrogen (secondary N) is 1. The standard InChI is InChI=1S/C15H22BrNO/c1-17-15(11-6-4-3-5-7-11)12-8-9-14(18-2)13(16)10-12/h8-11,15,17H,3-7H2,1-2H3. The van der Waals surface area contributed by atoms with Crippen molar-refractivity contribution in [1.82, 2.24) is 5.32 Å². The molecule has 0 saturated heterocycles. The normalized spacial score (nSPS) is 18.6. The highest BCUT2D eigenvalue weighted by atomic mass is 79.9. The van der Waals surface area contributed by atoms with Crippen LogP contribution in [0.3, 0.4) is 0 Å². The molecule has 2 rings (SSSR count). The topological polar surface area (TPSA) is 21.3 Å². The van der Waals surface area contributed by atoms with Crippen molar-refractivity contribution in [3.63, 3.8) is 0 Å². The van der Waals surface area contributed by atoms with Gasteiger partial charge in [0.15, 0.2) is 0 Å². The Morgan fingerprint density at radius 1 is 1.28 bits per heavy atom. The summed E-state index contributed by atoms with van der Waals surface area (Å²) < 4.78 is 6.33. The highest BCUT2D eigenvalue weighted by molar-refractivity contribution is 9.10. The van der Waals surface area contributed by atoms with Gasteiger partial charge in [-0.25, -0.2) is 0 Å². The van der Waals surface area contributed by atoms with Crippen LogP contribution in [0.2, 0.25) is 0 Å². The first-order valence-electron chi connectivity index (χ1n) is 6.77. The summed E-state index contributed by atoms with van der Waals surface area (Å²) in [6.45, 7) is 0. The first-order valence-corrected chi connectivity index (χ1v) is 7.56. The number of ether oxygens (including phenoxy) is 1. The Morgan fingerprint density at radius 3 is 2.56 bits per heavy atom. The van der Waals surface area contributed by atoms with E-state index >= 15 is 0 Å². The molecule has 0 spiro atoms. The molecule has 2 nitrogen and oxygen atoms in total. The molecule has 1 aliphatic rings. The van der Waals surface area contributed by atoms with Gasteiger partial charge < -0.3 is 10.1 Å². The molecule has 1 aliphatic carbocycles. The van der Waals surface area contributed by atoms with Gasteiger partial charge >= 0.3 is 0 Å². The first kappa shape index (κ1) is 13.9. The highest BCUT2D eigenvalue weighted by Gasteiger charge is 2.24. The molecule has 100 valence electrons. The Hall–Kier alpha value is -0.540. The Morgan fingerprint density at radius 2 is 2.00 bits per heavy atom. The fourth-order valence-corrected chi connectivity index (χ4v) is 3.58. The lowest BCUT2D eigenvalue weighted by Gasteiger charge is -2.30. The molecule has 1 unspecified atom stereocenters. The second-order valence-corrected chi connectivity index (χ2v) is 5.91. The third-order valence-corrected chi connectivity index (χ3v) is 4.59. The lowest BCUT2D eigenvalue weighted by molar-refractivity contribution is 0.281. The zero-order valence-corrected chi connectivity index (χ0v) is 12.8. The third kappa shape index (κ3) is 3.07. The minimum absolute atomic E-state index is 0.465. The van der Waals surface area contributed by atoms with Crippen LogP contribution < -0.4 is 10.1 Å². The quantitative estimate of drug-likeness (QED) is 0.895. The van der Waals surface area contributed by atoms with Crippen molar-refractivity contribution >= 4 is 15.9 Å². The summed E-state index contributed by atoms with van der Waals surface area (Å²) in [4.78, 5) is 0. The Labute approximate surface area is 118 Å². The van der Waals surface area contributed by atoms with Crippen molar-refractivity contribution < 1.29 is 4.74 Å². The van der Waals surface area contributed by atoms with Crippen LogP contribution in [0, 0.1) is 5.92 Å². The zero-order valence-electron chi connectivity index (χ0n) is 11.2. The van der Waals surface area contributed by atoms with Crippen molar-refractivity contribution in [2.75, 3.05) is 14.2 Å². The number of rotatable bonds is 4. The van der Waals surface area contributed by atoms with E-state index in [0.29, 0.717) is 6.04 Å². The average molecular weight is 312 g/mol. The average Bonchev–Trinajstić information content (AvgIpc) is 2.41. The minimum atomic E-state index is 0.465. The fourth-order valence-electron chi connectivity index (χ4n) is 3.02. The van der Waals surface area contributed by atoms with E-state index in [1.54, 1.807) is 7.11 Å². The zero-order chi connectivity index (χ0) is 13.0. The van der Waals surface area contributed by atoms with Crippen LogP contribution in [0.5, 0.6) is 5.75 Å². The van der Waals surface area contributed by atoms with E-state index in [1.807, 2.05) is 6.07 Å². The van der Waals surface area contributed by atoms with E-state index in [2.05, 4.69) is 40.4 Å². The van der Waals surface area contributed by atoms with Gasteiger partial charge in [-0.1, -0.05) is 25.3 Å². The van der Waals surface area contributed by atoms with E-state index in [9.17, 15) is 0 Å². The van der Waals surface area contributed by atoms with E-state index < -0.39 is 0 Å². The smallest absolute Gasteiger partial charge is 0.133 e. The molecule has 0 radical (unpaired) electrons. The van der Waals surface area contributed by atoms with Crippen molar-refractivity contribution in [2.45, 2.75) is 38.1 Å². The summed E-state index contributed by atoms with van der Waals surface area (Å²) in [5.74, 6) is 1.67. The monoisotopic (exact) mass is 311 g/mol. The second-order valence-electron chi connectivity index (χ2n) is 5.06. The molecular weight excluding hydrogens is 290 g/mol. The molecule has 1 aromatic rings. The van der Waals surface area contributed by atoms with Gasteiger partial charge in [-0.2, -0.15) is 0 Å². The summed E-state index contributed by atoms with van der Waals surface area (Å²) in [7, 11) is 3.77. The van der Waals surface area contributed by atoms with Crippen LogP contribution in [-0.2, 0) is 0 Å². The Bertz CT molecular complexity index is 388. The summed E-state index contributed by atoms with van der Waals surface area (Å²) in [6.07, 6.45) is 6.84. The van der Waals surface area contributed by atoms with Crippen molar-refractivity contribution in [3.8, 4) is 5.75 Å². The number of hydrogen-bond acceptors (Lipinski definition) is 2. The molecule has 1 fully saturated rings.